The first-order valence-corrected chi connectivity index (χ1v) is 4.87. The quantitative estimate of drug-likeness (QED) is 0.610. The van der Waals surface area contributed by atoms with Crippen LogP contribution in [0, 0.1) is 0 Å². The Labute approximate surface area is 92.9 Å². The summed E-state index contributed by atoms with van der Waals surface area (Å²) in [5, 5.41) is 9.76. The van der Waals surface area contributed by atoms with E-state index in [2.05, 4.69) is 15.7 Å². The fourth-order valence-corrected chi connectivity index (χ4v) is 1.18. The molecule has 0 aromatic rings. The van der Waals surface area contributed by atoms with Gasteiger partial charge in [-0.15, -0.1) is 0 Å². The first-order valence-electron chi connectivity index (χ1n) is 4.87. The molecule has 1 aliphatic heterocycles. The number of hydrogen-bond donors (Lipinski definition) is 2. The van der Waals surface area contributed by atoms with E-state index in [1.165, 1.54) is 14.1 Å². The third-order valence-electron chi connectivity index (χ3n) is 2.16. The van der Waals surface area contributed by atoms with Crippen LogP contribution in [-0.2, 0) is 14.4 Å². The zero-order valence-electron chi connectivity index (χ0n) is 9.24. The average Bonchev–Trinajstić information content (AvgIpc) is 2.29. The van der Waals surface area contributed by atoms with Crippen LogP contribution in [0.3, 0.4) is 0 Å². The number of likely N-dealkylation sites (N-methyl/N-ethyl adjacent to an activating group) is 1. The summed E-state index contributed by atoms with van der Waals surface area (Å²) in [6.45, 7) is -0.0913. The zero-order chi connectivity index (χ0) is 12.1. The Hall–Kier alpha value is -1.92. The number of carbonyl (C=O) groups excluding carboxylic acids is 3. The number of nitrogens with one attached hydrogen (secondary N) is 2. The predicted octanol–water partition coefficient (Wildman–Crippen LogP) is -1.54. The molecule has 0 fully saturated rings. The Morgan fingerprint density at radius 2 is 2.12 bits per heavy atom. The van der Waals surface area contributed by atoms with Gasteiger partial charge in [-0.3, -0.25) is 14.4 Å². The first kappa shape index (κ1) is 12.2. The van der Waals surface area contributed by atoms with Crippen molar-refractivity contribution in [1.29, 1.82) is 0 Å². The summed E-state index contributed by atoms with van der Waals surface area (Å²) in [6.07, 6.45) is 0.575. The molecule has 0 unspecified atom stereocenters. The van der Waals surface area contributed by atoms with Crippen LogP contribution in [0.1, 0.15) is 12.8 Å². The van der Waals surface area contributed by atoms with Crippen LogP contribution in [-0.4, -0.2) is 49.1 Å². The standard InChI is InChI=1S/C9H14N4O3/c1-10-7(14)5-11-9(16)6-3-4-8(15)13(2)12-6/h3-5H2,1-2H3,(H,10,14)(H,11,16). The molecule has 0 atom stereocenters. The van der Waals surface area contributed by atoms with E-state index in [9.17, 15) is 14.4 Å². The van der Waals surface area contributed by atoms with Gasteiger partial charge in [0.05, 0.1) is 6.54 Å². The van der Waals surface area contributed by atoms with Gasteiger partial charge in [-0.05, 0) is 0 Å². The molecule has 16 heavy (non-hydrogen) atoms. The molecule has 0 spiro atoms. The normalized spacial score (nSPS) is 15.5. The molecular weight excluding hydrogens is 212 g/mol. The van der Waals surface area contributed by atoms with E-state index < -0.39 is 5.91 Å². The monoisotopic (exact) mass is 226 g/mol. The maximum Gasteiger partial charge on any atom is 0.267 e. The summed E-state index contributed by atoms with van der Waals surface area (Å²) in [5.74, 6) is -0.819. The summed E-state index contributed by atoms with van der Waals surface area (Å²) >= 11 is 0. The molecule has 0 saturated carbocycles. The van der Waals surface area contributed by atoms with Crippen molar-refractivity contribution < 1.29 is 14.4 Å². The molecule has 7 nitrogen and oxygen atoms in total. The second-order valence-electron chi connectivity index (χ2n) is 3.32. The van der Waals surface area contributed by atoms with Crippen molar-refractivity contribution in [3.8, 4) is 0 Å². The SMILES string of the molecule is CNC(=O)CNC(=O)C1=NN(C)C(=O)CC1. The van der Waals surface area contributed by atoms with Gasteiger partial charge in [-0.2, -0.15) is 5.10 Å². The number of hydrazone groups is 1. The Balaban J connectivity index is 2.52. The van der Waals surface area contributed by atoms with E-state index in [-0.39, 0.29) is 30.5 Å². The van der Waals surface area contributed by atoms with Crippen LogP contribution in [0.2, 0.25) is 0 Å². The number of hydrogen-bond acceptors (Lipinski definition) is 4. The zero-order valence-corrected chi connectivity index (χ0v) is 9.24. The van der Waals surface area contributed by atoms with Crippen molar-refractivity contribution in [1.82, 2.24) is 15.6 Å². The Bertz CT molecular complexity index is 351. The summed E-state index contributed by atoms with van der Waals surface area (Å²) in [4.78, 5) is 33.5. The molecule has 2 N–H and O–H groups in total. The highest BCUT2D eigenvalue weighted by atomic mass is 16.2. The van der Waals surface area contributed by atoms with E-state index in [1.807, 2.05) is 0 Å². The second-order valence-corrected chi connectivity index (χ2v) is 3.32. The lowest BCUT2D eigenvalue weighted by atomic mass is 10.1. The molecule has 1 rings (SSSR count). The van der Waals surface area contributed by atoms with Gasteiger partial charge in [0.15, 0.2) is 0 Å². The lowest BCUT2D eigenvalue weighted by molar-refractivity contribution is -0.130. The molecule has 0 aromatic heterocycles. The summed E-state index contributed by atoms with van der Waals surface area (Å²) in [6, 6.07) is 0. The third kappa shape index (κ3) is 3.04. The lowest BCUT2D eigenvalue weighted by Gasteiger charge is -2.18. The smallest absolute Gasteiger partial charge is 0.267 e. The largest absolute Gasteiger partial charge is 0.358 e. The van der Waals surface area contributed by atoms with Crippen molar-refractivity contribution in [2.45, 2.75) is 12.8 Å². The van der Waals surface area contributed by atoms with Crippen molar-refractivity contribution in [3.05, 3.63) is 0 Å². The lowest BCUT2D eigenvalue weighted by Crippen LogP contribution is -2.41. The van der Waals surface area contributed by atoms with Gasteiger partial charge in [-0.1, -0.05) is 0 Å². The van der Waals surface area contributed by atoms with Crippen LogP contribution in [0.5, 0.6) is 0 Å². The Morgan fingerprint density at radius 3 is 2.69 bits per heavy atom. The van der Waals surface area contributed by atoms with Gasteiger partial charge in [0, 0.05) is 26.9 Å². The molecule has 1 aliphatic rings. The molecule has 88 valence electrons. The molecule has 0 bridgehead atoms. The molecular formula is C9H14N4O3. The molecule has 0 saturated heterocycles. The fraction of sp³-hybridized carbons (Fsp3) is 0.556. The second kappa shape index (κ2) is 5.24. The van der Waals surface area contributed by atoms with E-state index in [4.69, 9.17) is 0 Å². The van der Waals surface area contributed by atoms with E-state index in [1.54, 1.807) is 0 Å². The fourth-order valence-electron chi connectivity index (χ4n) is 1.18. The van der Waals surface area contributed by atoms with Gasteiger partial charge in [0.2, 0.25) is 11.8 Å². The van der Waals surface area contributed by atoms with Crippen molar-refractivity contribution in [2.75, 3.05) is 20.6 Å². The van der Waals surface area contributed by atoms with E-state index in [0.29, 0.717) is 6.42 Å². The Morgan fingerprint density at radius 1 is 1.44 bits per heavy atom. The minimum absolute atomic E-state index is 0.0913. The van der Waals surface area contributed by atoms with Gasteiger partial charge in [0.25, 0.3) is 5.91 Å². The van der Waals surface area contributed by atoms with Crippen LogP contribution < -0.4 is 10.6 Å². The highest BCUT2D eigenvalue weighted by Crippen LogP contribution is 2.06. The molecule has 1 heterocycles. The highest BCUT2D eigenvalue weighted by molar-refractivity contribution is 6.39. The van der Waals surface area contributed by atoms with Crippen LogP contribution >= 0.6 is 0 Å². The van der Waals surface area contributed by atoms with Crippen molar-refractivity contribution >= 4 is 23.4 Å². The Kier molecular flexibility index (Phi) is 3.98. The maximum absolute atomic E-state index is 11.5. The molecule has 0 aliphatic carbocycles. The van der Waals surface area contributed by atoms with Crippen molar-refractivity contribution in [2.24, 2.45) is 5.10 Å². The highest BCUT2D eigenvalue weighted by Gasteiger charge is 2.21. The van der Waals surface area contributed by atoms with Gasteiger partial charge in [0.1, 0.15) is 5.71 Å². The van der Waals surface area contributed by atoms with E-state index >= 15 is 0 Å². The minimum atomic E-state index is -0.414. The van der Waals surface area contributed by atoms with Gasteiger partial charge < -0.3 is 10.6 Å². The topological polar surface area (TPSA) is 90.9 Å². The summed E-state index contributed by atoms with van der Waals surface area (Å²) < 4.78 is 0. The van der Waals surface area contributed by atoms with E-state index in [0.717, 1.165) is 5.01 Å². The van der Waals surface area contributed by atoms with Crippen LogP contribution in [0.15, 0.2) is 5.10 Å². The molecule has 0 aromatic carbocycles. The van der Waals surface area contributed by atoms with Crippen LogP contribution in [0.4, 0.5) is 0 Å². The number of nitrogens with zero attached hydrogens (tertiary/aromatic N) is 2. The van der Waals surface area contributed by atoms with Crippen molar-refractivity contribution in [3.63, 3.8) is 0 Å². The molecule has 3 amide bonds. The third-order valence-corrected chi connectivity index (χ3v) is 2.16. The summed E-state index contributed by atoms with van der Waals surface area (Å²) in [5.41, 5.74) is 0.269. The average molecular weight is 226 g/mol. The number of rotatable bonds is 3. The minimum Gasteiger partial charge on any atom is -0.358 e. The number of carbonyl (C=O) groups is 3. The van der Waals surface area contributed by atoms with Gasteiger partial charge in [-0.25, -0.2) is 5.01 Å². The number of amides is 3. The van der Waals surface area contributed by atoms with Crippen LogP contribution in [0.25, 0.3) is 0 Å². The molecule has 7 heteroatoms. The summed E-state index contributed by atoms with van der Waals surface area (Å²) in [7, 11) is 2.98. The molecule has 0 radical (unpaired) electrons. The first-order chi connectivity index (χ1) is 7.54. The maximum atomic E-state index is 11.5. The predicted molar refractivity (Wildman–Crippen MR) is 56.5 cm³/mol. The van der Waals surface area contributed by atoms with Gasteiger partial charge >= 0.3 is 0 Å².